The van der Waals surface area contributed by atoms with Crippen LogP contribution in [0, 0.1) is 11.8 Å². The molecule has 9 nitrogen and oxygen atoms in total. The highest BCUT2D eigenvalue weighted by Crippen LogP contribution is 2.24. The second-order valence-electron chi connectivity index (χ2n) is 8.63. The Kier molecular flexibility index (Phi) is 10.3. The van der Waals surface area contributed by atoms with E-state index >= 15 is 0 Å². The van der Waals surface area contributed by atoms with Gasteiger partial charge in [0.15, 0.2) is 5.01 Å². The van der Waals surface area contributed by atoms with E-state index in [1.807, 2.05) is 58.0 Å². The van der Waals surface area contributed by atoms with E-state index in [2.05, 4.69) is 21.0 Å². The van der Waals surface area contributed by atoms with Crippen LogP contribution in [-0.4, -0.2) is 28.9 Å². The predicted molar refractivity (Wildman–Crippen MR) is 127 cm³/mol. The number of hydrogen-bond acceptors (Lipinski definition) is 7. The molecular weight excluding hydrogens is 442 g/mol. The molecule has 0 saturated carbocycles. The summed E-state index contributed by atoms with van der Waals surface area (Å²) in [5, 5.41) is 7.63. The molecule has 0 spiro atoms. The first-order valence-corrected chi connectivity index (χ1v) is 11.8. The molecule has 2 aromatic rings. The van der Waals surface area contributed by atoms with Gasteiger partial charge in [0.25, 0.3) is 5.91 Å². The van der Waals surface area contributed by atoms with Crippen LogP contribution >= 0.6 is 11.3 Å². The predicted octanol–water partition coefficient (Wildman–Crippen LogP) is 3.29. The van der Waals surface area contributed by atoms with Crippen molar-refractivity contribution in [1.29, 1.82) is 0 Å². The summed E-state index contributed by atoms with van der Waals surface area (Å²) in [4.78, 5) is 41.6. The van der Waals surface area contributed by atoms with Gasteiger partial charge < -0.3 is 15.4 Å². The minimum absolute atomic E-state index is 0.115. The third-order valence-corrected chi connectivity index (χ3v) is 5.62. The number of thiazole rings is 1. The van der Waals surface area contributed by atoms with Gasteiger partial charge in [-0.2, -0.15) is 0 Å². The fourth-order valence-electron chi connectivity index (χ4n) is 3.22. The maximum absolute atomic E-state index is 13.1. The number of alkyl carbamates (subject to hydrolysis) is 1. The van der Waals surface area contributed by atoms with E-state index in [0.29, 0.717) is 18.5 Å². The molecule has 180 valence electrons. The van der Waals surface area contributed by atoms with Crippen molar-refractivity contribution in [1.82, 2.24) is 21.0 Å². The summed E-state index contributed by atoms with van der Waals surface area (Å²) < 4.78 is 5.29. The molecular formula is C23H33N5O4S. The van der Waals surface area contributed by atoms with Crippen molar-refractivity contribution in [3.8, 4) is 0 Å². The lowest BCUT2D eigenvalue weighted by Gasteiger charge is -2.24. The lowest BCUT2D eigenvalue weighted by molar-refractivity contribution is -0.124. The molecule has 1 aromatic carbocycles. The van der Waals surface area contributed by atoms with E-state index < -0.39 is 24.1 Å². The van der Waals surface area contributed by atoms with Gasteiger partial charge in [-0.05, 0) is 30.2 Å². The average Bonchev–Trinajstić information content (AvgIpc) is 3.26. The van der Waals surface area contributed by atoms with Gasteiger partial charge >= 0.3 is 6.09 Å². The van der Waals surface area contributed by atoms with Crippen LogP contribution in [0.3, 0.4) is 0 Å². The molecule has 0 radical (unpaired) electrons. The summed E-state index contributed by atoms with van der Waals surface area (Å²) in [5.74, 6) is 4.80. The summed E-state index contributed by atoms with van der Waals surface area (Å²) in [5.41, 5.74) is 3.50. The molecule has 1 heterocycles. The van der Waals surface area contributed by atoms with Crippen LogP contribution in [0.15, 0.2) is 35.7 Å². The van der Waals surface area contributed by atoms with Crippen LogP contribution in [0.5, 0.6) is 0 Å². The number of carbonyl (C=O) groups excluding carboxylic acids is 3. The molecule has 0 aliphatic rings. The first kappa shape index (κ1) is 26.3. The zero-order chi connectivity index (χ0) is 24.4. The Hall–Kier alpha value is -2.98. The Balaban J connectivity index is 2.08. The summed E-state index contributed by atoms with van der Waals surface area (Å²) in [6, 6.07) is 8.14. The smallest absolute Gasteiger partial charge is 0.408 e. The second kappa shape index (κ2) is 12.9. The van der Waals surface area contributed by atoms with Gasteiger partial charge in [0.1, 0.15) is 12.6 Å². The number of aromatic nitrogens is 1. The lowest BCUT2D eigenvalue weighted by atomic mass is 9.99. The van der Waals surface area contributed by atoms with Crippen molar-refractivity contribution >= 4 is 29.2 Å². The molecule has 0 fully saturated rings. The SMILES string of the molecule is CC(C)CC(NC(=O)[C@H](CC(C)C)NC(=O)OCc1ccccc1)c1csc(C(=O)NN)n1. The zero-order valence-corrected chi connectivity index (χ0v) is 20.3. The van der Waals surface area contributed by atoms with E-state index in [9.17, 15) is 14.4 Å². The Morgan fingerprint density at radius 1 is 1.03 bits per heavy atom. The van der Waals surface area contributed by atoms with Crippen LogP contribution in [0.25, 0.3) is 0 Å². The Bertz CT molecular complexity index is 917. The Morgan fingerprint density at radius 2 is 1.70 bits per heavy atom. The summed E-state index contributed by atoms with van der Waals surface area (Å²) >= 11 is 1.15. The Labute approximate surface area is 198 Å². The van der Waals surface area contributed by atoms with Crippen LogP contribution < -0.4 is 21.9 Å². The number of nitrogens with one attached hydrogen (secondary N) is 3. The zero-order valence-electron chi connectivity index (χ0n) is 19.5. The van der Waals surface area contributed by atoms with Crippen molar-refractivity contribution in [3.05, 3.63) is 52.0 Å². The molecule has 0 aliphatic carbocycles. The molecule has 1 aromatic heterocycles. The van der Waals surface area contributed by atoms with Crippen molar-refractivity contribution in [3.63, 3.8) is 0 Å². The van der Waals surface area contributed by atoms with E-state index in [1.54, 1.807) is 5.38 Å². The van der Waals surface area contributed by atoms with Gasteiger partial charge in [0.2, 0.25) is 5.91 Å². The number of hydrazine groups is 1. The lowest BCUT2D eigenvalue weighted by Crippen LogP contribution is -2.48. The number of carbonyl (C=O) groups is 3. The van der Waals surface area contributed by atoms with Crippen molar-refractivity contribution in [2.45, 2.75) is 59.2 Å². The minimum Gasteiger partial charge on any atom is -0.445 e. The van der Waals surface area contributed by atoms with Crippen molar-refractivity contribution in [2.24, 2.45) is 17.7 Å². The molecule has 0 bridgehead atoms. The fraction of sp³-hybridized carbons (Fsp3) is 0.478. The highest BCUT2D eigenvalue weighted by molar-refractivity contribution is 7.11. The van der Waals surface area contributed by atoms with Gasteiger partial charge in [0.05, 0.1) is 11.7 Å². The van der Waals surface area contributed by atoms with Crippen molar-refractivity contribution < 1.29 is 19.1 Å². The van der Waals surface area contributed by atoms with Gasteiger partial charge in [-0.15, -0.1) is 11.3 Å². The molecule has 10 heteroatoms. The number of hydrogen-bond donors (Lipinski definition) is 4. The van der Waals surface area contributed by atoms with E-state index in [0.717, 1.165) is 16.9 Å². The molecule has 3 amide bonds. The molecule has 1 unspecified atom stereocenters. The number of nitrogens with two attached hydrogens (primary N) is 1. The number of benzene rings is 1. The average molecular weight is 476 g/mol. The summed E-state index contributed by atoms with van der Waals surface area (Å²) in [7, 11) is 0. The van der Waals surface area contributed by atoms with Gasteiger partial charge in [0, 0.05) is 5.38 Å². The number of amides is 3. The minimum atomic E-state index is -0.770. The number of nitrogen functional groups attached to an aromatic ring is 1. The van der Waals surface area contributed by atoms with E-state index in [4.69, 9.17) is 10.6 Å². The second-order valence-corrected chi connectivity index (χ2v) is 9.49. The van der Waals surface area contributed by atoms with Crippen LogP contribution in [-0.2, 0) is 16.1 Å². The highest BCUT2D eigenvalue weighted by Gasteiger charge is 2.27. The van der Waals surface area contributed by atoms with E-state index in [1.165, 1.54) is 0 Å². The number of rotatable bonds is 11. The number of nitrogens with zero attached hydrogens (tertiary/aromatic N) is 1. The highest BCUT2D eigenvalue weighted by atomic mass is 32.1. The topological polar surface area (TPSA) is 135 Å². The van der Waals surface area contributed by atoms with Gasteiger partial charge in [-0.1, -0.05) is 58.0 Å². The quantitative estimate of drug-likeness (QED) is 0.224. The maximum Gasteiger partial charge on any atom is 0.408 e. The third kappa shape index (κ3) is 8.82. The molecule has 0 saturated heterocycles. The molecule has 2 atom stereocenters. The Morgan fingerprint density at radius 3 is 2.30 bits per heavy atom. The standard InChI is InChI=1S/C23H33N5O4S/c1-14(2)10-17(19-13-33-22(26-19)21(30)28-24)25-20(29)18(11-15(3)4)27-23(31)32-12-16-8-6-5-7-9-16/h5-9,13-15,17-18H,10-12,24H2,1-4H3,(H,25,29)(H,27,31)(H,28,30)/t17?,18-/m0/s1. The van der Waals surface area contributed by atoms with E-state index in [-0.39, 0.29) is 29.4 Å². The molecule has 2 rings (SSSR count). The van der Waals surface area contributed by atoms with Crippen LogP contribution in [0.1, 0.15) is 67.6 Å². The molecule has 0 aliphatic heterocycles. The summed E-state index contributed by atoms with van der Waals surface area (Å²) in [6.45, 7) is 8.12. The first-order valence-electron chi connectivity index (χ1n) is 10.9. The normalized spacial score (nSPS) is 12.8. The fourth-order valence-corrected chi connectivity index (χ4v) is 3.99. The summed E-state index contributed by atoms with van der Waals surface area (Å²) in [6.07, 6.45) is 0.403. The number of ether oxygens (including phenoxy) is 1. The third-order valence-electron chi connectivity index (χ3n) is 4.76. The molecule has 33 heavy (non-hydrogen) atoms. The maximum atomic E-state index is 13.1. The first-order chi connectivity index (χ1) is 15.7. The van der Waals surface area contributed by atoms with Gasteiger partial charge in [-0.3, -0.25) is 15.0 Å². The van der Waals surface area contributed by atoms with Gasteiger partial charge in [-0.25, -0.2) is 15.6 Å². The van der Waals surface area contributed by atoms with Crippen LogP contribution in [0.4, 0.5) is 4.79 Å². The largest absolute Gasteiger partial charge is 0.445 e. The van der Waals surface area contributed by atoms with Crippen LogP contribution in [0.2, 0.25) is 0 Å². The van der Waals surface area contributed by atoms with Crippen molar-refractivity contribution in [2.75, 3.05) is 0 Å². The molecule has 5 N–H and O–H groups in total. The monoisotopic (exact) mass is 475 g/mol.